The van der Waals surface area contributed by atoms with E-state index in [9.17, 15) is 18.0 Å². The minimum absolute atomic E-state index is 0.0742. The van der Waals surface area contributed by atoms with Gasteiger partial charge in [0.05, 0.1) is 16.3 Å². The molecule has 0 amide bonds. The number of aromatic nitrogens is 1. The van der Waals surface area contributed by atoms with Gasteiger partial charge in [-0.2, -0.15) is 13.2 Å². The Morgan fingerprint density at radius 3 is 2.56 bits per heavy atom. The van der Waals surface area contributed by atoms with Crippen LogP contribution in [-0.4, -0.2) is 16.1 Å². The van der Waals surface area contributed by atoms with Crippen LogP contribution in [0, 0.1) is 0 Å². The molecule has 0 atom stereocenters. The first-order chi connectivity index (χ1) is 11.7. The molecule has 1 aliphatic carbocycles. The van der Waals surface area contributed by atoms with E-state index in [1.54, 1.807) is 6.07 Å². The highest BCUT2D eigenvalue weighted by Crippen LogP contribution is 2.40. The zero-order valence-electron chi connectivity index (χ0n) is 12.8. The molecule has 1 saturated carbocycles. The minimum Gasteiger partial charge on any atom is -0.486 e. The van der Waals surface area contributed by atoms with Gasteiger partial charge in [0.1, 0.15) is 18.1 Å². The number of benzene rings is 1. The number of hydrogen-bond donors (Lipinski definition) is 1. The largest absolute Gasteiger partial charge is 0.486 e. The van der Waals surface area contributed by atoms with E-state index in [1.807, 2.05) is 0 Å². The molecule has 8 heteroatoms. The first-order valence-electron chi connectivity index (χ1n) is 7.48. The molecule has 132 valence electrons. The number of carboxylic acids is 1. The number of carbonyl (C=O) groups is 1. The molecular weight excluding hydrogens is 359 g/mol. The summed E-state index contributed by atoms with van der Waals surface area (Å²) in [4.78, 5) is 15.2. The Balaban J connectivity index is 1.78. The number of hydrogen-bond acceptors (Lipinski definition) is 3. The zero-order chi connectivity index (χ0) is 18.2. The van der Waals surface area contributed by atoms with E-state index in [4.69, 9.17) is 21.4 Å². The third kappa shape index (κ3) is 4.22. The maximum Gasteiger partial charge on any atom is 0.416 e. The van der Waals surface area contributed by atoms with Crippen LogP contribution >= 0.6 is 11.6 Å². The van der Waals surface area contributed by atoms with Crippen LogP contribution in [0.3, 0.4) is 0 Å². The van der Waals surface area contributed by atoms with Crippen LogP contribution in [0.4, 0.5) is 13.2 Å². The second-order valence-electron chi connectivity index (χ2n) is 5.79. The fraction of sp³-hybridized carbons (Fsp3) is 0.294. The number of aromatic carboxylic acids is 1. The highest BCUT2D eigenvalue weighted by atomic mass is 35.5. The molecule has 3 rings (SSSR count). The van der Waals surface area contributed by atoms with Crippen LogP contribution in [0.15, 0.2) is 30.3 Å². The Morgan fingerprint density at radius 1 is 1.28 bits per heavy atom. The van der Waals surface area contributed by atoms with Crippen molar-refractivity contribution in [2.45, 2.75) is 31.5 Å². The third-order valence-electron chi connectivity index (χ3n) is 3.80. The molecule has 0 bridgehead atoms. The second kappa shape index (κ2) is 6.55. The smallest absolute Gasteiger partial charge is 0.416 e. The Hall–Kier alpha value is -2.28. The first kappa shape index (κ1) is 17.5. The van der Waals surface area contributed by atoms with E-state index in [1.165, 1.54) is 6.07 Å². The normalized spacial score (nSPS) is 14.4. The Kier molecular flexibility index (Phi) is 4.60. The van der Waals surface area contributed by atoms with E-state index in [-0.39, 0.29) is 23.1 Å². The number of carboxylic acid groups (broad SMARTS) is 1. The van der Waals surface area contributed by atoms with Crippen molar-refractivity contribution in [2.24, 2.45) is 0 Å². The topological polar surface area (TPSA) is 59.4 Å². The molecule has 0 unspecified atom stereocenters. The standard InChI is InChI=1S/C17H13ClF3NO3/c18-13-7-11(17(19,20)21)3-4-15(13)25-8-12-5-10(9-1-2-9)6-14(22-12)16(23)24/h3-7,9H,1-2,8H2,(H,23,24). The van der Waals surface area contributed by atoms with Crippen molar-refractivity contribution >= 4 is 17.6 Å². The molecule has 4 nitrogen and oxygen atoms in total. The summed E-state index contributed by atoms with van der Waals surface area (Å²) in [6.45, 7) is -0.0913. The van der Waals surface area contributed by atoms with E-state index < -0.39 is 17.7 Å². The van der Waals surface area contributed by atoms with Gasteiger partial charge < -0.3 is 9.84 Å². The Morgan fingerprint density at radius 2 is 2.00 bits per heavy atom. The maximum absolute atomic E-state index is 12.6. The van der Waals surface area contributed by atoms with Crippen LogP contribution in [0.5, 0.6) is 5.75 Å². The van der Waals surface area contributed by atoms with Gasteiger partial charge in [-0.25, -0.2) is 9.78 Å². The molecule has 1 aliphatic rings. The lowest BCUT2D eigenvalue weighted by Crippen LogP contribution is -2.08. The van der Waals surface area contributed by atoms with E-state index in [0.717, 1.165) is 36.6 Å². The van der Waals surface area contributed by atoms with Gasteiger partial charge in [0.15, 0.2) is 0 Å². The molecule has 1 heterocycles. The fourth-order valence-corrected chi connectivity index (χ4v) is 2.63. The lowest BCUT2D eigenvalue weighted by molar-refractivity contribution is -0.137. The van der Waals surface area contributed by atoms with Crippen LogP contribution < -0.4 is 4.74 Å². The minimum atomic E-state index is -4.49. The average Bonchev–Trinajstić information content (AvgIpc) is 3.37. The molecule has 0 aliphatic heterocycles. The van der Waals surface area contributed by atoms with Crippen LogP contribution in [0.1, 0.15) is 46.1 Å². The summed E-state index contributed by atoms with van der Waals surface area (Å²) in [5, 5.41) is 8.97. The zero-order valence-corrected chi connectivity index (χ0v) is 13.6. The highest BCUT2D eigenvalue weighted by molar-refractivity contribution is 6.32. The summed E-state index contributed by atoms with van der Waals surface area (Å²) in [7, 11) is 0. The number of nitrogens with zero attached hydrogens (tertiary/aromatic N) is 1. The van der Waals surface area contributed by atoms with E-state index in [0.29, 0.717) is 11.6 Å². The fourth-order valence-electron chi connectivity index (χ4n) is 2.39. The number of alkyl halides is 3. The van der Waals surface area contributed by atoms with E-state index >= 15 is 0 Å². The summed E-state index contributed by atoms with van der Waals surface area (Å²) in [5.74, 6) is -0.740. The third-order valence-corrected chi connectivity index (χ3v) is 4.10. The number of pyridine rings is 1. The molecule has 25 heavy (non-hydrogen) atoms. The van der Waals surface area contributed by atoms with Gasteiger partial charge in [0.25, 0.3) is 0 Å². The summed E-state index contributed by atoms with van der Waals surface area (Å²) in [5.41, 5.74) is 0.315. The van der Waals surface area contributed by atoms with Gasteiger partial charge in [0, 0.05) is 0 Å². The number of halogens is 4. The average molecular weight is 372 g/mol. The Labute approximate surface area is 146 Å². The van der Waals surface area contributed by atoms with Gasteiger partial charge >= 0.3 is 12.1 Å². The monoisotopic (exact) mass is 371 g/mol. The van der Waals surface area contributed by atoms with Crippen molar-refractivity contribution in [3.8, 4) is 5.75 Å². The SMILES string of the molecule is O=C(O)c1cc(C2CC2)cc(COc2ccc(C(F)(F)F)cc2Cl)n1. The van der Waals surface area contributed by atoms with Crippen LogP contribution in [-0.2, 0) is 12.8 Å². The number of ether oxygens (including phenoxy) is 1. The van der Waals surface area contributed by atoms with Crippen LogP contribution in [0.25, 0.3) is 0 Å². The van der Waals surface area contributed by atoms with Crippen molar-refractivity contribution in [2.75, 3.05) is 0 Å². The van der Waals surface area contributed by atoms with Crippen molar-refractivity contribution in [3.05, 3.63) is 57.9 Å². The molecule has 2 aromatic rings. The molecule has 1 aromatic carbocycles. The Bertz CT molecular complexity index is 819. The maximum atomic E-state index is 12.6. The number of rotatable bonds is 5. The first-order valence-corrected chi connectivity index (χ1v) is 7.85. The molecule has 1 aromatic heterocycles. The summed E-state index contributed by atoms with van der Waals surface area (Å²) < 4.78 is 43.3. The highest BCUT2D eigenvalue weighted by Gasteiger charge is 2.31. The van der Waals surface area contributed by atoms with Crippen molar-refractivity contribution in [1.82, 2.24) is 4.98 Å². The van der Waals surface area contributed by atoms with Gasteiger partial charge in [0.2, 0.25) is 0 Å². The summed E-state index contributed by atoms with van der Waals surface area (Å²) in [6.07, 6.45) is -2.50. The predicted molar refractivity (Wildman–Crippen MR) is 84.0 cm³/mol. The van der Waals surface area contributed by atoms with Gasteiger partial charge in [-0.15, -0.1) is 0 Å². The van der Waals surface area contributed by atoms with Gasteiger partial charge in [-0.05, 0) is 54.7 Å². The molecular formula is C17H13ClF3NO3. The molecule has 1 fully saturated rings. The van der Waals surface area contributed by atoms with E-state index in [2.05, 4.69) is 4.98 Å². The predicted octanol–water partition coefficient (Wildman–Crippen LogP) is 4.91. The van der Waals surface area contributed by atoms with Crippen LogP contribution in [0.2, 0.25) is 5.02 Å². The summed E-state index contributed by atoms with van der Waals surface area (Å²) in [6, 6.07) is 6.08. The quantitative estimate of drug-likeness (QED) is 0.811. The van der Waals surface area contributed by atoms with Gasteiger partial charge in [-0.1, -0.05) is 11.6 Å². The lowest BCUT2D eigenvalue weighted by Gasteiger charge is -2.12. The van der Waals surface area contributed by atoms with Crippen molar-refractivity contribution < 1.29 is 27.8 Å². The second-order valence-corrected chi connectivity index (χ2v) is 6.20. The van der Waals surface area contributed by atoms with Gasteiger partial charge in [-0.3, -0.25) is 0 Å². The molecule has 0 spiro atoms. The molecule has 0 radical (unpaired) electrons. The lowest BCUT2D eigenvalue weighted by atomic mass is 10.1. The van der Waals surface area contributed by atoms with Crippen molar-refractivity contribution in [1.29, 1.82) is 0 Å². The summed E-state index contributed by atoms with van der Waals surface area (Å²) >= 11 is 5.84. The van der Waals surface area contributed by atoms with Crippen molar-refractivity contribution in [3.63, 3.8) is 0 Å². The molecule has 0 saturated heterocycles. The molecule has 1 N–H and O–H groups in total.